The summed E-state index contributed by atoms with van der Waals surface area (Å²) in [4.78, 5) is 27.7. The number of halogens is 1. The maximum absolute atomic E-state index is 13.4. The third-order valence-electron chi connectivity index (χ3n) is 5.42. The summed E-state index contributed by atoms with van der Waals surface area (Å²) in [7, 11) is 2.87. The predicted molar refractivity (Wildman–Crippen MR) is 147 cm³/mol. The molecule has 1 atom stereocenters. The van der Waals surface area contributed by atoms with Crippen LogP contribution in [-0.4, -0.2) is 41.9 Å². The fourth-order valence-corrected chi connectivity index (χ4v) is 5.54. The van der Waals surface area contributed by atoms with Crippen molar-refractivity contribution in [1.29, 1.82) is 0 Å². The zero-order valence-electron chi connectivity index (χ0n) is 19.9. The zero-order valence-corrected chi connectivity index (χ0v) is 23.1. The second-order valence-electron chi connectivity index (χ2n) is 7.83. The molecule has 0 aromatic heterocycles. The number of amides is 1. The molecule has 1 saturated heterocycles. The predicted octanol–water partition coefficient (Wildman–Crippen LogP) is 6.53. The molecule has 1 aliphatic heterocycles. The first-order valence-electron chi connectivity index (χ1n) is 11.3. The number of thiocarbonyl (C=S) groups is 1. The van der Waals surface area contributed by atoms with Gasteiger partial charge in [-0.15, -0.1) is 0 Å². The van der Waals surface area contributed by atoms with Crippen molar-refractivity contribution in [2.75, 3.05) is 20.8 Å². The Hall–Kier alpha value is -2.36. The lowest BCUT2D eigenvalue weighted by atomic mass is 10.1. The largest absolute Gasteiger partial charge is 0.493 e. The molecule has 9 heteroatoms. The van der Waals surface area contributed by atoms with Crippen LogP contribution in [0.3, 0.4) is 0 Å². The highest BCUT2D eigenvalue weighted by Gasteiger charge is 2.41. The molecule has 35 heavy (non-hydrogen) atoms. The Labute approximate surface area is 224 Å². The number of unbranched alkanes of at least 4 members (excludes halogenated alkanes) is 3. The first-order chi connectivity index (χ1) is 16.9. The zero-order chi connectivity index (χ0) is 25.4. The molecule has 3 rings (SSSR count). The Morgan fingerprint density at radius 2 is 1.91 bits per heavy atom. The van der Waals surface area contributed by atoms with Crippen LogP contribution in [-0.2, 0) is 14.3 Å². The lowest BCUT2D eigenvalue weighted by Gasteiger charge is -2.24. The van der Waals surface area contributed by atoms with Crippen LogP contribution in [0.4, 0.5) is 0 Å². The van der Waals surface area contributed by atoms with E-state index in [0.717, 1.165) is 34.6 Å². The Morgan fingerprint density at radius 1 is 1.17 bits per heavy atom. The van der Waals surface area contributed by atoms with E-state index in [1.807, 2.05) is 18.2 Å². The Bertz CT molecular complexity index is 1110. The first kappa shape index (κ1) is 27.2. The molecule has 1 unspecified atom stereocenters. The van der Waals surface area contributed by atoms with E-state index in [1.165, 1.54) is 24.9 Å². The smallest absolute Gasteiger partial charge is 0.333 e. The number of nitrogens with zero attached hydrogens (tertiary/aromatic N) is 1. The van der Waals surface area contributed by atoms with Crippen LogP contribution < -0.4 is 9.47 Å². The molecule has 0 spiro atoms. The van der Waals surface area contributed by atoms with E-state index in [1.54, 1.807) is 37.5 Å². The summed E-state index contributed by atoms with van der Waals surface area (Å²) < 4.78 is 17.5. The number of hydrogen-bond acceptors (Lipinski definition) is 7. The highest BCUT2D eigenvalue weighted by atomic mass is 79.9. The molecule has 1 amide bonds. The molecule has 186 valence electrons. The second kappa shape index (κ2) is 13.1. The van der Waals surface area contributed by atoms with Gasteiger partial charge in [0.1, 0.15) is 4.32 Å². The van der Waals surface area contributed by atoms with Crippen LogP contribution in [0.1, 0.15) is 49.8 Å². The van der Waals surface area contributed by atoms with Crippen molar-refractivity contribution in [3.8, 4) is 11.5 Å². The minimum Gasteiger partial charge on any atom is -0.493 e. The summed E-state index contributed by atoms with van der Waals surface area (Å²) >= 11 is 10.2. The van der Waals surface area contributed by atoms with Crippen LogP contribution in [0.25, 0.3) is 6.08 Å². The molecule has 0 N–H and O–H groups in total. The molecule has 0 saturated carbocycles. The van der Waals surface area contributed by atoms with E-state index in [4.69, 9.17) is 26.4 Å². The van der Waals surface area contributed by atoms with Gasteiger partial charge in [-0.3, -0.25) is 9.69 Å². The van der Waals surface area contributed by atoms with Gasteiger partial charge in [0.15, 0.2) is 17.5 Å². The van der Waals surface area contributed by atoms with Crippen molar-refractivity contribution in [3.63, 3.8) is 0 Å². The van der Waals surface area contributed by atoms with Gasteiger partial charge < -0.3 is 14.2 Å². The van der Waals surface area contributed by atoms with Crippen molar-refractivity contribution >= 4 is 62.2 Å². The quantitative estimate of drug-likeness (QED) is 0.130. The molecule has 1 aliphatic rings. The van der Waals surface area contributed by atoms with Crippen molar-refractivity contribution in [1.82, 2.24) is 4.90 Å². The maximum atomic E-state index is 13.4. The second-order valence-corrected chi connectivity index (χ2v) is 10.4. The monoisotopic (exact) mass is 577 g/mol. The minimum absolute atomic E-state index is 0.290. The van der Waals surface area contributed by atoms with Crippen LogP contribution in [0, 0.1) is 0 Å². The normalized spacial score (nSPS) is 15.4. The van der Waals surface area contributed by atoms with Gasteiger partial charge in [0.25, 0.3) is 5.91 Å². The topological polar surface area (TPSA) is 65.1 Å². The van der Waals surface area contributed by atoms with Gasteiger partial charge in [-0.1, -0.05) is 80.5 Å². The van der Waals surface area contributed by atoms with Gasteiger partial charge in [0.05, 0.1) is 30.2 Å². The summed E-state index contributed by atoms with van der Waals surface area (Å²) in [6.07, 6.45) is 6.17. The van der Waals surface area contributed by atoms with E-state index in [9.17, 15) is 9.59 Å². The highest BCUT2D eigenvalue weighted by Crippen LogP contribution is 2.41. The number of methoxy groups -OCH3 is 2. The average molecular weight is 579 g/mol. The van der Waals surface area contributed by atoms with Crippen LogP contribution in [0.5, 0.6) is 11.5 Å². The molecule has 1 fully saturated rings. The molecule has 0 aliphatic carbocycles. The third-order valence-corrected chi connectivity index (χ3v) is 7.33. The number of rotatable bonds is 11. The highest BCUT2D eigenvalue weighted by molar-refractivity contribution is 9.10. The Kier molecular flexibility index (Phi) is 10.2. The fraction of sp³-hybridized carbons (Fsp3) is 0.346. The molecule has 1 heterocycles. The number of carbonyl (C=O) groups is 2. The average Bonchev–Trinajstić information content (AvgIpc) is 3.13. The van der Waals surface area contributed by atoms with Gasteiger partial charge in [0.2, 0.25) is 0 Å². The van der Waals surface area contributed by atoms with Crippen LogP contribution in [0.2, 0.25) is 0 Å². The summed E-state index contributed by atoms with van der Waals surface area (Å²) in [5.74, 6) is 0.279. The van der Waals surface area contributed by atoms with E-state index in [0.29, 0.717) is 32.9 Å². The maximum Gasteiger partial charge on any atom is 0.333 e. The van der Waals surface area contributed by atoms with E-state index in [2.05, 4.69) is 22.9 Å². The molecule has 6 nitrogen and oxygen atoms in total. The Balaban J connectivity index is 1.86. The van der Waals surface area contributed by atoms with E-state index >= 15 is 0 Å². The van der Waals surface area contributed by atoms with Crippen molar-refractivity contribution in [2.45, 2.75) is 38.6 Å². The van der Waals surface area contributed by atoms with Crippen molar-refractivity contribution < 1.29 is 23.8 Å². The van der Waals surface area contributed by atoms with E-state index in [-0.39, 0.29) is 5.91 Å². The first-order valence-corrected chi connectivity index (χ1v) is 13.3. The lowest BCUT2D eigenvalue weighted by molar-refractivity contribution is -0.148. The molecule has 2 aromatic rings. The summed E-state index contributed by atoms with van der Waals surface area (Å²) in [6.45, 7) is 2.77. The van der Waals surface area contributed by atoms with Gasteiger partial charge in [0, 0.05) is 0 Å². The summed E-state index contributed by atoms with van der Waals surface area (Å²) in [6, 6.07) is 11.7. The molecule has 2 aromatic carbocycles. The number of esters is 1. The standard InChI is InChI=1S/C26H28BrNO5S2/c1-4-5-6-10-13-33-23-19(27)14-17(15-20(23)31-2)16-21-24(29)28(26(34)35-21)22(25(30)32-3)18-11-8-7-9-12-18/h7-9,11-12,14-16,22H,4-6,10,13H2,1-3H3/b21-16-. The van der Waals surface area contributed by atoms with Gasteiger partial charge in [-0.25, -0.2) is 4.79 Å². The van der Waals surface area contributed by atoms with Crippen molar-refractivity contribution in [2.24, 2.45) is 0 Å². The van der Waals surface area contributed by atoms with Crippen LogP contribution in [0.15, 0.2) is 51.8 Å². The summed E-state index contributed by atoms with van der Waals surface area (Å²) in [5, 5.41) is 0. The number of hydrogen-bond donors (Lipinski definition) is 0. The number of benzene rings is 2. The molecular weight excluding hydrogens is 550 g/mol. The number of thioether (sulfide) groups is 1. The minimum atomic E-state index is -0.954. The van der Waals surface area contributed by atoms with Gasteiger partial charge in [-0.2, -0.15) is 0 Å². The SMILES string of the molecule is CCCCCCOc1c(Br)cc(/C=C2\SC(=S)N(C(C(=O)OC)c3ccccc3)C2=O)cc1OC. The lowest BCUT2D eigenvalue weighted by Crippen LogP contribution is -2.37. The fourth-order valence-electron chi connectivity index (χ4n) is 3.66. The van der Waals surface area contributed by atoms with Crippen LogP contribution >= 0.6 is 39.9 Å². The van der Waals surface area contributed by atoms with E-state index < -0.39 is 12.0 Å². The molecule has 0 radical (unpaired) electrons. The number of carbonyl (C=O) groups excluding carboxylic acids is 2. The molecular formula is C26H28BrNO5S2. The molecule has 0 bridgehead atoms. The van der Waals surface area contributed by atoms with Gasteiger partial charge >= 0.3 is 5.97 Å². The van der Waals surface area contributed by atoms with Gasteiger partial charge in [-0.05, 0) is 51.7 Å². The number of ether oxygens (including phenoxy) is 3. The third kappa shape index (κ3) is 6.65. The van der Waals surface area contributed by atoms with Crippen molar-refractivity contribution in [3.05, 3.63) is 63.0 Å². The summed E-state index contributed by atoms with van der Waals surface area (Å²) in [5.41, 5.74) is 1.36. The Morgan fingerprint density at radius 3 is 2.57 bits per heavy atom.